The standard InChI is InChI=1S/C24H19N3O7S2/c1-14(28)26-16-7-9-17(10-8-16)36(32,33)34-20-11-6-15-4-2-3-5-18(15)19(20)12-21-23(30)27(13-22(25)29)24(31)35-21/h2-12H,13H2,1H3,(H2,25,29)(H,26,28)/b21-12-. The Kier molecular flexibility index (Phi) is 6.82. The molecule has 0 unspecified atom stereocenters. The largest absolute Gasteiger partial charge is 0.378 e. The van der Waals surface area contributed by atoms with Gasteiger partial charge in [0.25, 0.3) is 11.1 Å². The van der Waals surface area contributed by atoms with E-state index >= 15 is 0 Å². The fourth-order valence-electron chi connectivity index (χ4n) is 3.49. The molecule has 0 aromatic heterocycles. The van der Waals surface area contributed by atoms with Gasteiger partial charge in [-0.15, -0.1) is 0 Å². The Bertz CT molecular complexity index is 1550. The number of nitrogens with two attached hydrogens (primary N) is 1. The molecule has 0 atom stereocenters. The quantitative estimate of drug-likeness (QED) is 0.352. The number of thioether (sulfide) groups is 1. The van der Waals surface area contributed by atoms with Crippen LogP contribution in [-0.4, -0.2) is 42.8 Å². The lowest BCUT2D eigenvalue weighted by Gasteiger charge is -2.13. The Morgan fingerprint density at radius 2 is 1.75 bits per heavy atom. The number of carbonyl (C=O) groups is 4. The zero-order chi connectivity index (χ0) is 26.0. The van der Waals surface area contributed by atoms with Gasteiger partial charge >= 0.3 is 10.1 Å². The van der Waals surface area contributed by atoms with Crippen LogP contribution in [0.2, 0.25) is 0 Å². The van der Waals surface area contributed by atoms with E-state index in [-0.39, 0.29) is 27.0 Å². The molecule has 0 bridgehead atoms. The van der Waals surface area contributed by atoms with Crippen LogP contribution >= 0.6 is 11.8 Å². The van der Waals surface area contributed by atoms with Crippen LogP contribution in [0.1, 0.15) is 12.5 Å². The van der Waals surface area contributed by atoms with E-state index < -0.39 is 33.7 Å². The van der Waals surface area contributed by atoms with Gasteiger partial charge < -0.3 is 15.2 Å². The first-order chi connectivity index (χ1) is 17.0. The van der Waals surface area contributed by atoms with E-state index in [0.717, 1.165) is 10.3 Å². The molecule has 3 N–H and O–H groups in total. The van der Waals surface area contributed by atoms with E-state index in [0.29, 0.717) is 22.8 Å². The van der Waals surface area contributed by atoms with Crippen molar-refractivity contribution in [2.75, 3.05) is 11.9 Å². The van der Waals surface area contributed by atoms with Crippen molar-refractivity contribution < 1.29 is 31.8 Å². The molecule has 12 heteroatoms. The number of primary amides is 1. The van der Waals surface area contributed by atoms with Crippen molar-refractivity contribution in [3.63, 3.8) is 0 Å². The molecular formula is C24H19N3O7S2. The normalized spacial score (nSPS) is 14.9. The number of fused-ring (bicyclic) bond motifs is 1. The minimum Gasteiger partial charge on any atom is -0.378 e. The molecule has 1 aliphatic rings. The Labute approximate surface area is 210 Å². The minimum absolute atomic E-state index is 0.0143. The number of imide groups is 1. The summed E-state index contributed by atoms with van der Waals surface area (Å²) in [6, 6.07) is 15.6. The van der Waals surface area contributed by atoms with Crippen molar-refractivity contribution in [3.8, 4) is 5.75 Å². The summed E-state index contributed by atoms with van der Waals surface area (Å²) in [4.78, 5) is 48.0. The van der Waals surface area contributed by atoms with Crippen LogP contribution in [-0.2, 0) is 24.5 Å². The molecule has 0 aliphatic carbocycles. The molecule has 4 amide bonds. The number of hydrogen-bond donors (Lipinski definition) is 2. The van der Waals surface area contributed by atoms with Crippen LogP contribution in [0.5, 0.6) is 5.75 Å². The van der Waals surface area contributed by atoms with Crippen LogP contribution in [0.3, 0.4) is 0 Å². The monoisotopic (exact) mass is 525 g/mol. The first-order valence-corrected chi connectivity index (χ1v) is 12.7. The molecule has 184 valence electrons. The predicted molar refractivity (Wildman–Crippen MR) is 134 cm³/mol. The molecule has 3 aromatic rings. The number of hydrogen-bond acceptors (Lipinski definition) is 8. The van der Waals surface area contributed by atoms with Gasteiger partial charge in [0.05, 0.1) is 4.91 Å². The van der Waals surface area contributed by atoms with Crippen molar-refractivity contribution in [1.29, 1.82) is 0 Å². The molecule has 0 saturated carbocycles. The first kappa shape index (κ1) is 24.9. The smallest absolute Gasteiger partial charge is 0.339 e. The Morgan fingerprint density at radius 1 is 1.06 bits per heavy atom. The fourth-order valence-corrected chi connectivity index (χ4v) is 5.26. The summed E-state index contributed by atoms with van der Waals surface area (Å²) in [5.74, 6) is -1.94. The lowest BCUT2D eigenvalue weighted by Crippen LogP contribution is -2.36. The summed E-state index contributed by atoms with van der Waals surface area (Å²) in [7, 11) is -4.31. The molecule has 0 radical (unpaired) electrons. The topological polar surface area (TPSA) is 153 Å². The average Bonchev–Trinajstić information content (AvgIpc) is 3.07. The Hall–Kier alpha value is -4.16. The van der Waals surface area contributed by atoms with E-state index in [1.165, 1.54) is 43.3 Å². The van der Waals surface area contributed by atoms with Crippen molar-refractivity contribution in [2.24, 2.45) is 5.73 Å². The van der Waals surface area contributed by atoms with Gasteiger partial charge in [-0.2, -0.15) is 8.42 Å². The van der Waals surface area contributed by atoms with Gasteiger partial charge in [-0.05, 0) is 58.9 Å². The third-order valence-corrected chi connectivity index (χ3v) is 7.21. The molecule has 1 heterocycles. The number of nitrogens with one attached hydrogen (secondary N) is 1. The lowest BCUT2D eigenvalue weighted by molar-refractivity contribution is -0.127. The molecule has 3 aromatic carbocycles. The number of nitrogens with zero attached hydrogens (tertiary/aromatic N) is 1. The second-order valence-electron chi connectivity index (χ2n) is 7.68. The van der Waals surface area contributed by atoms with Gasteiger partial charge in [0.1, 0.15) is 11.4 Å². The predicted octanol–water partition coefficient (Wildman–Crippen LogP) is 3.09. The van der Waals surface area contributed by atoms with E-state index in [1.54, 1.807) is 30.3 Å². The summed E-state index contributed by atoms with van der Waals surface area (Å²) in [5, 5.41) is 3.20. The van der Waals surface area contributed by atoms with Crippen LogP contribution in [0.25, 0.3) is 16.8 Å². The molecule has 10 nitrogen and oxygen atoms in total. The second-order valence-corrected chi connectivity index (χ2v) is 10.2. The van der Waals surface area contributed by atoms with Crippen molar-refractivity contribution in [3.05, 3.63) is 71.1 Å². The van der Waals surface area contributed by atoms with Crippen LogP contribution in [0.4, 0.5) is 10.5 Å². The lowest BCUT2D eigenvalue weighted by atomic mass is 10.0. The molecule has 4 rings (SSSR count). The summed E-state index contributed by atoms with van der Waals surface area (Å²) in [5.41, 5.74) is 5.81. The maximum absolute atomic E-state index is 13.0. The van der Waals surface area contributed by atoms with Crippen LogP contribution in [0, 0.1) is 0 Å². The zero-order valence-corrected chi connectivity index (χ0v) is 20.4. The van der Waals surface area contributed by atoms with E-state index in [9.17, 15) is 27.6 Å². The first-order valence-electron chi connectivity index (χ1n) is 10.4. The number of rotatable bonds is 7. The third kappa shape index (κ3) is 5.24. The molecule has 1 aliphatic heterocycles. The maximum atomic E-state index is 13.0. The molecule has 1 saturated heterocycles. The van der Waals surface area contributed by atoms with Crippen LogP contribution < -0.4 is 15.2 Å². The zero-order valence-electron chi connectivity index (χ0n) is 18.8. The summed E-state index contributed by atoms with van der Waals surface area (Å²) in [6.45, 7) is 0.765. The van der Waals surface area contributed by atoms with Crippen LogP contribution in [0.15, 0.2) is 70.5 Å². The average molecular weight is 526 g/mol. The van der Waals surface area contributed by atoms with Gasteiger partial charge in [-0.25, -0.2) is 0 Å². The second kappa shape index (κ2) is 9.84. The molecule has 0 spiro atoms. The van der Waals surface area contributed by atoms with Crippen molar-refractivity contribution in [1.82, 2.24) is 4.90 Å². The van der Waals surface area contributed by atoms with Gasteiger partial charge in [0.2, 0.25) is 11.8 Å². The van der Waals surface area contributed by atoms with Crippen molar-refractivity contribution >= 4 is 67.4 Å². The molecular weight excluding hydrogens is 506 g/mol. The summed E-state index contributed by atoms with van der Waals surface area (Å²) >= 11 is 0.608. The highest BCUT2D eigenvalue weighted by Crippen LogP contribution is 2.37. The SMILES string of the molecule is CC(=O)Nc1ccc(S(=O)(=O)Oc2ccc3ccccc3c2/C=C2\SC(=O)N(CC(N)=O)C2=O)cc1. The number of anilines is 1. The summed E-state index contributed by atoms with van der Waals surface area (Å²) < 4.78 is 31.5. The van der Waals surface area contributed by atoms with E-state index in [2.05, 4.69) is 5.32 Å². The van der Waals surface area contributed by atoms with Crippen molar-refractivity contribution in [2.45, 2.75) is 11.8 Å². The van der Waals surface area contributed by atoms with E-state index in [4.69, 9.17) is 9.92 Å². The van der Waals surface area contributed by atoms with E-state index in [1.807, 2.05) is 0 Å². The van der Waals surface area contributed by atoms with Gasteiger partial charge in [-0.3, -0.25) is 24.1 Å². The van der Waals surface area contributed by atoms with Gasteiger partial charge in [0, 0.05) is 18.2 Å². The maximum Gasteiger partial charge on any atom is 0.339 e. The molecule has 1 fully saturated rings. The highest BCUT2D eigenvalue weighted by molar-refractivity contribution is 8.18. The number of benzene rings is 3. The summed E-state index contributed by atoms with van der Waals surface area (Å²) in [6.07, 6.45) is 1.36. The van der Waals surface area contributed by atoms with Gasteiger partial charge in [0.15, 0.2) is 5.75 Å². The Balaban J connectivity index is 1.75. The number of carbonyl (C=O) groups excluding carboxylic acids is 4. The van der Waals surface area contributed by atoms with Gasteiger partial charge in [-0.1, -0.05) is 30.3 Å². The Morgan fingerprint density at radius 3 is 2.42 bits per heavy atom. The minimum atomic E-state index is -4.31. The number of amides is 4. The fraction of sp³-hybridized carbons (Fsp3) is 0.0833. The molecule has 36 heavy (non-hydrogen) atoms. The highest BCUT2D eigenvalue weighted by Gasteiger charge is 2.36. The highest BCUT2D eigenvalue weighted by atomic mass is 32.2. The third-order valence-electron chi connectivity index (χ3n) is 5.06.